The van der Waals surface area contributed by atoms with Crippen LogP contribution in [-0.2, 0) is 0 Å². The van der Waals surface area contributed by atoms with E-state index in [0.29, 0.717) is 5.39 Å². The normalized spacial score (nSPS) is 9.85. The fourth-order valence-corrected chi connectivity index (χ4v) is 1.40. The molecule has 2 aromatic rings. The monoisotopic (exact) mass is 170 g/mol. The lowest BCUT2D eigenvalue weighted by molar-refractivity contribution is 0.640. The highest BCUT2D eigenvalue weighted by Gasteiger charge is 2.01. The maximum Gasteiger partial charge on any atom is 0.131 e. The van der Waals surface area contributed by atoms with Gasteiger partial charge in [-0.1, -0.05) is 30.2 Å². The second-order valence-electron chi connectivity index (χ2n) is 2.78. The van der Waals surface area contributed by atoms with Gasteiger partial charge in [-0.15, -0.1) is 6.42 Å². The molecule has 0 spiro atoms. The van der Waals surface area contributed by atoms with Crippen LogP contribution < -0.4 is 0 Å². The van der Waals surface area contributed by atoms with Crippen molar-refractivity contribution in [2.24, 2.45) is 0 Å². The van der Waals surface area contributed by atoms with E-state index < -0.39 is 0 Å². The summed E-state index contributed by atoms with van der Waals surface area (Å²) in [7, 11) is 0. The molecule has 0 saturated carbocycles. The summed E-state index contributed by atoms with van der Waals surface area (Å²) in [6.07, 6.45) is 5.29. The third kappa shape index (κ3) is 1.17. The Labute approximate surface area is 76.0 Å². The first-order valence-corrected chi connectivity index (χ1v) is 3.97. The summed E-state index contributed by atoms with van der Waals surface area (Å²) in [5.74, 6) is 2.30. The van der Waals surface area contributed by atoms with E-state index in [4.69, 9.17) is 6.42 Å². The summed E-state index contributed by atoms with van der Waals surface area (Å²) >= 11 is 0. The third-order valence-electron chi connectivity index (χ3n) is 2.02. The van der Waals surface area contributed by atoms with Gasteiger partial charge in [0.25, 0.3) is 0 Å². The van der Waals surface area contributed by atoms with Crippen LogP contribution in [0, 0.1) is 18.2 Å². The second-order valence-corrected chi connectivity index (χ2v) is 2.78. The Bertz CT molecular complexity index is 492. The molecule has 0 fully saturated rings. The average Bonchev–Trinajstić information content (AvgIpc) is 2.18. The van der Waals surface area contributed by atoms with Gasteiger partial charge < -0.3 is 0 Å². The fraction of sp³-hybridized carbons (Fsp3) is 0. The molecule has 0 unspecified atom stereocenters. The molecule has 13 heavy (non-hydrogen) atoms. The van der Waals surface area contributed by atoms with Crippen molar-refractivity contribution in [3.8, 4) is 12.3 Å². The number of benzene rings is 2. The molecule has 1 heteroatoms. The van der Waals surface area contributed by atoms with Gasteiger partial charge in [-0.25, -0.2) is 4.39 Å². The number of hydrogen-bond acceptors (Lipinski definition) is 0. The van der Waals surface area contributed by atoms with Crippen LogP contribution in [0.2, 0.25) is 0 Å². The number of terminal acetylenes is 1. The zero-order valence-corrected chi connectivity index (χ0v) is 6.92. The maximum atomic E-state index is 13.2. The SMILES string of the molecule is C#Cc1cccc2c(F)cccc12. The van der Waals surface area contributed by atoms with E-state index in [1.165, 1.54) is 6.07 Å². The molecule has 0 heterocycles. The predicted molar refractivity (Wildman–Crippen MR) is 51.8 cm³/mol. The van der Waals surface area contributed by atoms with Crippen molar-refractivity contribution >= 4 is 10.8 Å². The number of hydrogen-bond donors (Lipinski definition) is 0. The van der Waals surface area contributed by atoms with Gasteiger partial charge >= 0.3 is 0 Å². The molecule has 0 aliphatic heterocycles. The molecule has 0 saturated heterocycles. The van der Waals surface area contributed by atoms with Crippen LogP contribution in [0.3, 0.4) is 0 Å². The van der Waals surface area contributed by atoms with E-state index in [1.54, 1.807) is 18.2 Å². The van der Waals surface area contributed by atoms with Crippen LogP contribution in [-0.4, -0.2) is 0 Å². The molecule has 0 aromatic heterocycles. The van der Waals surface area contributed by atoms with Gasteiger partial charge in [-0.2, -0.15) is 0 Å². The quantitative estimate of drug-likeness (QED) is 0.533. The summed E-state index contributed by atoms with van der Waals surface area (Å²) in [5.41, 5.74) is 0.733. The number of fused-ring (bicyclic) bond motifs is 1. The van der Waals surface area contributed by atoms with Crippen LogP contribution in [0.1, 0.15) is 5.56 Å². The minimum atomic E-state index is -0.227. The van der Waals surface area contributed by atoms with Crippen molar-refractivity contribution in [1.29, 1.82) is 0 Å². The van der Waals surface area contributed by atoms with Crippen LogP contribution in [0.25, 0.3) is 10.8 Å². The average molecular weight is 170 g/mol. The van der Waals surface area contributed by atoms with Crippen molar-refractivity contribution in [3.63, 3.8) is 0 Å². The number of halogens is 1. The zero-order valence-electron chi connectivity index (χ0n) is 6.92. The molecule has 0 aliphatic rings. The topological polar surface area (TPSA) is 0 Å². The lowest BCUT2D eigenvalue weighted by Gasteiger charge is -2.00. The fourth-order valence-electron chi connectivity index (χ4n) is 1.40. The summed E-state index contributed by atoms with van der Waals surface area (Å²) < 4.78 is 13.2. The van der Waals surface area contributed by atoms with Gasteiger partial charge in [-0.3, -0.25) is 0 Å². The van der Waals surface area contributed by atoms with Crippen LogP contribution in [0.5, 0.6) is 0 Å². The lowest BCUT2D eigenvalue weighted by atomic mass is 10.0. The van der Waals surface area contributed by atoms with Gasteiger partial charge in [0.05, 0.1) is 0 Å². The van der Waals surface area contributed by atoms with Crippen molar-refractivity contribution in [2.75, 3.05) is 0 Å². The van der Waals surface area contributed by atoms with Crippen LogP contribution >= 0.6 is 0 Å². The first-order chi connectivity index (χ1) is 6.33. The molecule has 0 aliphatic carbocycles. The molecule has 0 bridgehead atoms. The molecular formula is C12H7F. The Kier molecular flexibility index (Phi) is 1.75. The van der Waals surface area contributed by atoms with Crippen molar-refractivity contribution in [1.82, 2.24) is 0 Å². The Hall–Kier alpha value is -1.81. The zero-order chi connectivity index (χ0) is 9.26. The van der Waals surface area contributed by atoms with Gasteiger partial charge in [0, 0.05) is 16.3 Å². The molecule has 62 valence electrons. The summed E-state index contributed by atoms with van der Waals surface area (Å²) in [6, 6.07) is 10.2. The van der Waals surface area contributed by atoms with E-state index >= 15 is 0 Å². The predicted octanol–water partition coefficient (Wildman–Crippen LogP) is 2.96. The molecule has 0 N–H and O–H groups in total. The van der Waals surface area contributed by atoms with E-state index in [9.17, 15) is 4.39 Å². The van der Waals surface area contributed by atoms with Crippen molar-refractivity contribution in [3.05, 3.63) is 47.8 Å². The van der Waals surface area contributed by atoms with Gasteiger partial charge in [0.15, 0.2) is 0 Å². The number of rotatable bonds is 0. The Morgan fingerprint density at radius 1 is 1.00 bits per heavy atom. The first kappa shape index (κ1) is 7.82. The minimum Gasteiger partial charge on any atom is -0.206 e. The van der Waals surface area contributed by atoms with E-state index in [2.05, 4.69) is 5.92 Å². The van der Waals surface area contributed by atoms with Gasteiger partial charge in [-0.05, 0) is 12.1 Å². The second kappa shape index (κ2) is 2.91. The summed E-state index contributed by atoms with van der Waals surface area (Å²) in [5, 5.41) is 1.38. The molecule has 2 rings (SSSR count). The Morgan fingerprint density at radius 2 is 1.69 bits per heavy atom. The summed E-state index contributed by atoms with van der Waals surface area (Å²) in [4.78, 5) is 0. The molecule has 0 nitrogen and oxygen atoms in total. The highest BCUT2D eigenvalue weighted by molar-refractivity contribution is 5.88. The highest BCUT2D eigenvalue weighted by Crippen LogP contribution is 2.20. The molecule has 0 atom stereocenters. The standard InChI is InChI=1S/C12H7F/c1-2-9-5-3-7-11-10(9)6-4-8-12(11)13/h1,3-8H. The van der Waals surface area contributed by atoms with Crippen LogP contribution in [0.15, 0.2) is 36.4 Å². The molecule has 0 amide bonds. The molecular weight excluding hydrogens is 163 g/mol. The van der Waals surface area contributed by atoms with Crippen molar-refractivity contribution < 1.29 is 4.39 Å². The maximum absolute atomic E-state index is 13.2. The largest absolute Gasteiger partial charge is 0.206 e. The van der Waals surface area contributed by atoms with E-state index in [0.717, 1.165) is 10.9 Å². The third-order valence-corrected chi connectivity index (χ3v) is 2.02. The van der Waals surface area contributed by atoms with Crippen molar-refractivity contribution in [2.45, 2.75) is 0 Å². The minimum absolute atomic E-state index is 0.227. The van der Waals surface area contributed by atoms with Gasteiger partial charge in [0.2, 0.25) is 0 Å². The van der Waals surface area contributed by atoms with E-state index in [-0.39, 0.29) is 5.82 Å². The smallest absolute Gasteiger partial charge is 0.131 e. The highest BCUT2D eigenvalue weighted by atomic mass is 19.1. The molecule has 0 radical (unpaired) electrons. The van der Waals surface area contributed by atoms with Gasteiger partial charge in [0.1, 0.15) is 5.82 Å². The van der Waals surface area contributed by atoms with Crippen LogP contribution in [0.4, 0.5) is 4.39 Å². The van der Waals surface area contributed by atoms with E-state index in [1.807, 2.05) is 12.1 Å². The Balaban J connectivity index is 2.94. The first-order valence-electron chi connectivity index (χ1n) is 3.97. The lowest BCUT2D eigenvalue weighted by Crippen LogP contribution is -1.82. The molecule has 2 aromatic carbocycles. The summed E-state index contributed by atoms with van der Waals surface area (Å²) in [6.45, 7) is 0. The Morgan fingerprint density at radius 3 is 2.46 bits per heavy atom.